The second-order valence-electron chi connectivity index (χ2n) is 37.3. The van der Waals surface area contributed by atoms with Gasteiger partial charge in [0.1, 0.15) is 47.3 Å². The number of urea groups is 2. The molecule has 0 radical (unpaired) electrons. The SMILES string of the molecule is CC(C)Oc1ccc(-c2nc(-c3cccc4c3CC[C@@H]4NC(=O)N3CCC[C@H](C)C3)no2)cc1C#N.CC(C)Oc1ccc(-c2nc(-c3cccc4c3CC[C@@H]4NCC(=O)N(C)C)no2)cc1C#N.CC(C)Oc1ccc(-c2nc(-c3cccc4c3CC[C@H]4NCC(=O)N(C)C)no2)cc1C#N.CCC1CCN(C(=O)N[C@@H]2CCc3c(-c4noc(-c5ccc(OC(C)C)c(C#N)c5)n4)cccc32)CC1. The first-order chi connectivity index (χ1) is 67.1. The predicted molar refractivity (Wildman–Crippen MR) is 522 cm³/mol. The van der Waals surface area contributed by atoms with Crippen molar-refractivity contribution in [1.82, 2.24) is 81.4 Å². The zero-order valence-corrected chi connectivity index (χ0v) is 81.1. The van der Waals surface area contributed by atoms with Crippen molar-refractivity contribution in [2.24, 2.45) is 11.8 Å². The lowest BCUT2D eigenvalue weighted by Gasteiger charge is -2.32. The van der Waals surface area contributed by atoms with Crippen LogP contribution in [0.2, 0.25) is 0 Å². The largest absolute Gasteiger partial charge is 0.490 e. The fourth-order valence-electron chi connectivity index (χ4n) is 18.5. The Kier molecular flexibility index (Phi) is 31.7. The third-order valence-corrected chi connectivity index (χ3v) is 25.6. The number of benzene rings is 8. The van der Waals surface area contributed by atoms with Gasteiger partial charge >= 0.3 is 12.1 Å². The van der Waals surface area contributed by atoms with Crippen molar-refractivity contribution in [3.63, 3.8) is 0 Å². The average molecular weight is 1880 g/mol. The molecule has 4 aromatic heterocycles. The summed E-state index contributed by atoms with van der Waals surface area (Å²) in [4.78, 5) is 75.3. The van der Waals surface area contributed by atoms with E-state index in [4.69, 9.17) is 37.0 Å². The molecule has 0 unspecified atom stereocenters. The van der Waals surface area contributed by atoms with E-state index in [1.165, 1.54) is 12.8 Å². The van der Waals surface area contributed by atoms with Crippen LogP contribution in [-0.4, -0.2) is 176 Å². The van der Waals surface area contributed by atoms with Gasteiger partial charge in [0.25, 0.3) is 23.6 Å². The Morgan fingerprint density at radius 2 is 0.698 bits per heavy atom. The van der Waals surface area contributed by atoms with Crippen LogP contribution in [0.4, 0.5) is 9.59 Å². The number of likely N-dealkylation sites (N-methyl/N-ethyl adjacent to an activating group) is 2. The van der Waals surface area contributed by atoms with Gasteiger partial charge in [-0.2, -0.15) is 41.0 Å². The quantitative estimate of drug-likeness (QED) is 0.0413. The van der Waals surface area contributed by atoms with Crippen LogP contribution in [0.3, 0.4) is 0 Å². The molecule has 0 bridgehead atoms. The summed E-state index contributed by atoms with van der Waals surface area (Å²) < 4.78 is 45.1. The number of amides is 6. The van der Waals surface area contributed by atoms with Crippen molar-refractivity contribution in [2.75, 3.05) is 67.5 Å². The number of nitrogens with zero attached hydrogens (tertiary/aromatic N) is 16. The first-order valence-electron chi connectivity index (χ1n) is 47.8. The summed E-state index contributed by atoms with van der Waals surface area (Å²) in [5, 5.41) is 68.2. The van der Waals surface area contributed by atoms with E-state index in [0.717, 1.165) is 169 Å². The van der Waals surface area contributed by atoms with Gasteiger partial charge in [-0.05, 0) is 262 Å². The summed E-state index contributed by atoms with van der Waals surface area (Å²) in [5.74, 6) is 6.89. The van der Waals surface area contributed by atoms with Crippen molar-refractivity contribution in [3.8, 4) is 139 Å². The summed E-state index contributed by atoms with van der Waals surface area (Å²) in [6.45, 7) is 23.6. The van der Waals surface area contributed by atoms with E-state index in [9.17, 15) is 40.2 Å². The predicted octanol–water partition coefficient (Wildman–Crippen LogP) is 18.8. The highest BCUT2D eigenvalue weighted by atomic mass is 16.5. The average Bonchev–Trinajstić information content (AvgIpc) is 1.66. The zero-order chi connectivity index (χ0) is 98.2. The molecule has 6 heterocycles. The van der Waals surface area contributed by atoms with Crippen LogP contribution < -0.4 is 40.2 Å². The smallest absolute Gasteiger partial charge is 0.317 e. The Hall–Kier alpha value is -15.1. The molecule has 718 valence electrons. The Morgan fingerprint density at radius 1 is 0.403 bits per heavy atom. The maximum Gasteiger partial charge on any atom is 0.317 e. The molecule has 32 heteroatoms. The molecule has 32 nitrogen and oxygen atoms in total. The lowest BCUT2D eigenvalue weighted by molar-refractivity contribution is -0.128. The second-order valence-corrected chi connectivity index (χ2v) is 37.3. The number of fused-ring (bicyclic) bond motifs is 4. The summed E-state index contributed by atoms with van der Waals surface area (Å²) in [6.07, 6.45) is 12.3. The number of carbonyl (C=O) groups excluding carboxylic acids is 4. The third kappa shape index (κ3) is 23.4. The van der Waals surface area contributed by atoms with Gasteiger partial charge in [-0.15, -0.1) is 0 Å². The highest BCUT2D eigenvalue weighted by Gasteiger charge is 2.36. The molecule has 4 aliphatic carbocycles. The van der Waals surface area contributed by atoms with Gasteiger partial charge in [-0.3, -0.25) is 9.59 Å². The van der Waals surface area contributed by atoms with E-state index in [-0.39, 0.29) is 72.5 Å². The van der Waals surface area contributed by atoms with Gasteiger partial charge in [0.05, 0.1) is 71.8 Å². The molecule has 2 aliphatic heterocycles. The van der Waals surface area contributed by atoms with Gasteiger partial charge in [-0.1, -0.05) is 114 Å². The topological polar surface area (TPSA) is 417 Å². The normalized spacial score (nSPS) is 16.6. The van der Waals surface area contributed by atoms with Gasteiger partial charge in [-0.25, -0.2) is 9.59 Å². The van der Waals surface area contributed by atoms with E-state index in [1.807, 2.05) is 138 Å². The monoisotopic (exact) mass is 1870 g/mol. The van der Waals surface area contributed by atoms with Crippen molar-refractivity contribution >= 4 is 23.9 Å². The Labute approximate surface area is 809 Å². The maximum atomic E-state index is 13.0. The molecule has 0 spiro atoms. The molecule has 5 atom stereocenters. The van der Waals surface area contributed by atoms with E-state index in [0.29, 0.717) is 133 Å². The summed E-state index contributed by atoms with van der Waals surface area (Å²) in [6, 6.07) is 54.2. The van der Waals surface area contributed by atoms with Gasteiger partial charge < -0.3 is 77.9 Å². The van der Waals surface area contributed by atoms with E-state index in [1.54, 1.807) is 86.5 Å². The van der Waals surface area contributed by atoms with E-state index >= 15 is 0 Å². The van der Waals surface area contributed by atoms with Crippen LogP contribution in [0, 0.1) is 57.2 Å². The summed E-state index contributed by atoms with van der Waals surface area (Å²) in [7, 11) is 7.01. The molecule has 2 fully saturated rings. The molecule has 139 heavy (non-hydrogen) atoms. The molecule has 2 saturated heterocycles. The molecule has 4 N–H and O–H groups in total. The lowest BCUT2D eigenvalue weighted by Crippen LogP contribution is -2.45. The standard InChI is InChI=1S/C29H33N5O3.C28H31N5O3.2C25H27N5O3/c1-4-19-12-14-34(15-13-19)29(35)31-25-10-9-22-23(25)6-5-7-24(22)27-32-28(37-33-27)20-8-11-26(36-18(2)3)21(16-20)17-30;1-17(2)35-25-12-9-19(14-20(25)15-29)27-31-26(32-36-27)23-8-4-7-22-21(23)10-11-24(22)30-28(34)33-13-5-6-18(3)16-33;2*1-15(2)32-22-11-8-16(12-17(22)13-26)25-28-24(29-33-25)20-7-5-6-19-18(20)9-10-21(19)27-14-23(31)30(3)4/h5-8,11,16,18-19,25H,4,9-10,12-15H2,1-3H3,(H,31,35);4,7-9,12,14,17-18,24H,5-6,10-11,13,16H2,1-3H3,(H,30,34);2*5-8,11-12,15,21,27H,9-10,14H2,1-4H3/t25-;18-,24-;2*21-/m1010/s1. The van der Waals surface area contributed by atoms with Crippen molar-refractivity contribution in [3.05, 3.63) is 212 Å². The number of nitriles is 4. The number of aromatic nitrogens is 8. The molecule has 0 saturated carbocycles. The molecule has 12 aromatic rings. The van der Waals surface area contributed by atoms with Gasteiger partial charge in [0.2, 0.25) is 35.1 Å². The third-order valence-electron chi connectivity index (χ3n) is 25.6. The van der Waals surface area contributed by atoms with Crippen molar-refractivity contribution in [1.29, 1.82) is 21.0 Å². The van der Waals surface area contributed by atoms with Crippen molar-refractivity contribution in [2.45, 2.75) is 201 Å². The number of hydrogen-bond acceptors (Lipinski definition) is 26. The summed E-state index contributed by atoms with van der Waals surface area (Å²) >= 11 is 0. The first kappa shape index (κ1) is 98.4. The molecule has 18 rings (SSSR count). The van der Waals surface area contributed by atoms with Crippen LogP contribution >= 0.6 is 0 Å². The number of rotatable bonds is 25. The molecule has 6 amide bonds. The van der Waals surface area contributed by atoms with Crippen LogP contribution in [0.5, 0.6) is 23.0 Å². The molecular weight excluding hydrogens is 1760 g/mol. The molecule has 6 aliphatic rings. The molecular formula is C107H118N20O12. The Bertz CT molecular complexity index is 6420. The maximum absolute atomic E-state index is 13.0. The number of piperidine rings is 2. The van der Waals surface area contributed by atoms with Crippen LogP contribution in [0.25, 0.3) is 91.4 Å². The number of carbonyl (C=O) groups is 4. The van der Waals surface area contributed by atoms with Crippen LogP contribution in [0.1, 0.15) is 218 Å². The van der Waals surface area contributed by atoms with E-state index in [2.05, 4.69) is 124 Å². The first-order valence-corrected chi connectivity index (χ1v) is 47.8. The molecule has 8 aromatic carbocycles. The summed E-state index contributed by atoms with van der Waals surface area (Å²) in [5.41, 5.74) is 17.1. The lowest BCUT2D eigenvalue weighted by atomic mass is 9.95. The van der Waals surface area contributed by atoms with Gasteiger partial charge in [0, 0.05) is 111 Å². The second kappa shape index (κ2) is 44.8. The van der Waals surface area contributed by atoms with Crippen molar-refractivity contribution < 1.29 is 56.2 Å². The van der Waals surface area contributed by atoms with Gasteiger partial charge in [0.15, 0.2) is 0 Å². The number of ether oxygens (including phenoxy) is 4. The zero-order valence-electron chi connectivity index (χ0n) is 81.1. The minimum Gasteiger partial charge on any atom is -0.490 e. The van der Waals surface area contributed by atoms with Crippen LogP contribution in [0.15, 0.2) is 164 Å². The highest BCUT2D eigenvalue weighted by molar-refractivity contribution is 5.80. The van der Waals surface area contributed by atoms with Crippen LogP contribution in [-0.2, 0) is 35.3 Å². The minimum absolute atomic E-state index is 0.0184. The van der Waals surface area contributed by atoms with E-state index < -0.39 is 0 Å². The Morgan fingerprint density at radius 3 is 0.978 bits per heavy atom. The fraction of sp³-hybridized carbons (Fsp3) is 0.402. The number of nitrogens with one attached hydrogen (secondary N) is 4. The highest BCUT2D eigenvalue weighted by Crippen LogP contribution is 2.44. The minimum atomic E-state index is -0.0324. The fourth-order valence-corrected chi connectivity index (χ4v) is 18.5. The Balaban J connectivity index is 0.000000141. The number of likely N-dealkylation sites (tertiary alicyclic amines) is 2. The number of hydrogen-bond donors (Lipinski definition) is 4.